The van der Waals surface area contributed by atoms with E-state index in [1.54, 1.807) is 0 Å². The van der Waals surface area contributed by atoms with Gasteiger partial charge in [-0.1, -0.05) is 25.1 Å². The standard InChI is InChI=1S/C16H24N2/c1-12-9-13(2)18(11-12)8-7-14-10-17-16-6-4-3-5-15(14)16/h3-6,12-14,17H,7-11H2,1-2H3. The van der Waals surface area contributed by atoms with Gasteiger partial charge in [0.15, 0.2) is 0 Å². The Kier molecular flexibility index (Phi) is 3.29. The van der Waals surface area contributed by atoms with Crippen LogP contribution in [0.2, 0.25) is 0 Å². The monoisotopic (exact) mass is 244 g/mol. The molecule has 0 saturated carbocycles. The van der Waals surface area contributed by atoms with Crippen molar-refractivity contribution in [3.8, 4) is 0 Å². The van der Waals surface area contributed by atoms with Crippen molar-refractivity contribution in [2.45, 2.75) is 38.6 Å². The van der Waals surface area contributed by atoms with E-state index < -0.39 is 0 Å². The first kappa shape index (κ1) is 12.0. The normalized spacial score (nSPS) is 31.3. The van der Waals surface area contributed by atoms with E-state index in [-0.39, 0.29) is 0 Å². The first-order valence-electron chi connectivity index (χ1n) is 7.31. The van der Waals surface area contributed by atoms with Gasteiger partial charge in [0.2, 0.25) is 0 Å². The number of likely N-dealkylation sites (tertiary alicyclic amines) is 1. The third-order valence-electron chi connectivity index (χ3n) is 4.62. The molecule has 0 spiro atoms. The minimum Gasteiger partial charge on any atom is -0.384 e. The van der Waals surface area contributed by atoms with Crippen LogP contribution in [-0.4, -0.2) is 30.6 Å². The summed E-state index contributed by atoms with van der Waals surface area (Å²) < 4.78 is 0. The van der Waals surface area contributed by atoms with Crippen LogP contribution >= 0.6 is 0 Å². The van der Waals surface area contributed by atoms with Crippen LogP contribution in [0.5, 0.6) is 0 Å². The summed E-state index contributed by atoms with van der Waals surface area (Å²) in [5.74, 6) is 1.60. The number of nitrogens with one attached hydrogen (secondary N) is 1. The number of benzene rings is 1. The van der Waals surface area contributed by atoms with Crippen molar-refractivity contribution in [1.82, 2.24) is 4.90 Å². The number of anilines is 1. The number of para-hydroxylation sites is 1. The molecule has 1 aromatic rings. The van der Waals surface area contributed by atoms with Gasteiger partial charge in [-0.15, -0.1) is 0 Å². The minimum absolute atomic E-state index is 0.712. The second-order valence-corrected chi connectivity index (χ2v) is 6.14. The Balaban J connectivity index is 1.59. The van der Waals surface area contributed by atoms with E-state index in [2.05, 4.69) is 48.3 Å². The van der Waals surface area contributed by atoms with Crippen LogP contribution < -0.4 is 5.32 Å². The van der Waals surface area contributed by atoms with Crippen molar-refractivity contribution in [2.75, 3.05) is 25.0 Å². The molecule has 1 fully saturated rings. The molecule has 1 N–H and O–H groups in total. The molecule has 3 rings (SSSR count). The molecule has 2 aliphatic heterocycles. The van der Waals surface area contributed by atoms with Crippen LogP contribution in [0.25, 0.3) is 0 Å². The zero-order chi connectivity index (χ0) is 12.5. The van der Waals surface area contributed by atoms with Crippen molar-refractivity contribution >= 4 is 5.69 Å². The molecular weight excluding hydrogens is 220 g/mol. The van der Waals surface area contributed by atoms with E-state index in [0.717, 1.165) is 18.5 Å². The molecule has 98 valence electrons. The zero-order valence-electron chi connectivity index (χ0n) is 11.5. The molecule has 0 radical (unpaired) electrons. The number of nitrogens with zero attached hydrogens (tertiary/aromatic N) is 1. The molecule has 2 aliphatic rings. The van der Waals surface area contributed by atoms with Crippen LogP contribution in [0.3, 0.4) is 0 Å². The van der Waals surface area contributed by atoms with E-state index in [4.69, 9.17) is 0 Å². The summed E-state index contributed by atoms with van der Waals surface area (Å²) in [6.07, 6.45) is 2.67. The van der Waals surface area contributed by atoms with Gasteiger partial charge in [0.25, 0.3) is 0 Å². The summed E-state index contributed by atoms with van der Waals surface area (Å²) >= 11 is 0. The third kappa shape index (κ3) is 2.26. The first-order valence-corrected chi connectivity index (χ1v) is 7.31. The van der Waals surface area contributed by atoms with Crippen LogP contribution in [0, 0.1) is 5.92 Å². The summed E-state index contributed by atoms with van der Waals surface area (Å²) in [6.45, 7) is 8.43. The lowest BCUT2D eigenvalue weighted by atomic mass is 9.97. The summed E-state index contributed by atoms with van der Waals surface area (Å²) in [4.78, 5) is 2.67. The maximum absolute atomic E-state index is 3.53. The fourth-order valence-corrected chi connectivity index (χ4v) is 3.63. The van der Waals surface area contributed by atoms with Crippen LogP contribution in [-0.2, 0) is 0 Å². The van der Waals surface area contributed by atoms with Gasteiger partial charge < -0.3 is 10.2 Å². The number of rotatable bonds is 3. The average molecular weight is 244 g/mol. The summed E-state index contributed by atoms with van der Waals surface area (Å²) in [5.41, 5.74) is 2.88. The summed E-state index contributed by atoms with van der Waals surface area (Å²) in [5, 5.41) is 3.53. The predicted octanol–water partition coefficient (Wildman–Crippen LogP) is 3.32. The van der Waals surface area contributed by atoms with E-state index in [1.165, 1.54) is 37.2 Å². The molecule has 3 unspecified atom stereocenters. The number of hydrogen-bond donors (Lipinski definition) is 1. The zero-order valence-corrected chi connectivity index (χ0v) is 11.5. The maximum Gasteiger partial charge on any atom is 0.0376 e. The number of fused-ring (bicyclic) bond motifs is 1. The molecule has 18 heavy (non-hydrogen) atoms. The fourth-order valence-electron chi connectivity index (χ4n) is 3.63. The Labute approximate surface area is 110 Å². The largest absolute Gasteiger partial charge is 0.384 e. The molecule has 2 heteroatoms. The van der Waals surface area contributed by atoms with Gasteiger partial charge in [-0.05, 0) is 43.9 Å². The van der Waals surface area contributed by atoms with Gasteiger partial charge >= 0.3 is 0 Å². The Morgan fingerprint density at radius 2 is 2.11 bits per heavy atom. The molecule has 0 aliphatic carbocycles. The van der Waals surface area contributed by atoms with E-state index in [0.29, 0.717) is 5.92 Å². The average Bonchev–Trinajstić information content (AvgIpc) is 2.90. The van der Waals surface area contributed by atoms with E-state index in [9.17, 15) is 0 Å². The molecular formula is C16H24N2. The Morgan fingerprint density at radius 3 is 2.89 bits per heavy atom. The van der Waals surface area contributed by atoms with Gasteiger partial charge in [-0.3, -0.25) is 0 Å². The highest BCUT2D eigenvalue weighted by molar-refractivity contribution is 5.57. The van der Waals surface area contributed by atoms with Gasteiger partial charge in [0, 0.05) is 30.7 Å². The molecule has 0 amide bonds. The third-order valence-corrected chi connectivity index (χ3v) is 4.62. The highest BCUT2D eigenvalue weighted by atomic mass is 15.2. The van der Waals surface area contributed by atoms with Crippen molar-refractivity contribution in [3.05, 3.63) is 29.8 Å². The summed E-state index contributed by atoms with van der Waals surface area (Å²) in [6, 6.07) is 9.56. The van der Waals surface area contributed by atoms with E-state index >= 15 is 0 Å². The molecule has 1 aromatic carbocycles. The maximum atomic E-state index is 3.53. The quantitative estimate of drug-likeness (QED) is 0.877. The van der Waals surface area contributed by atoms with Gasteiger partial charge in [0.1, 0.15) is 0 Å². The summed E-state index contributed by atoms with van der Waals surface area (Å²) in [7, 11) is 0. The smallest absolute Gasteiger partial charge is 0.0376 e. The minimum atomic E-state index is 0.712. The number of hydrogen-bond acceptors (Lipinski definition) is 2. The molecule has 0 bridgehead atoms. The lowest BCUT2D eigenvalue weighted by Gasteiger charge is -2.22. The lowest BCUT2D eigenvalue weighted by molar-refractivity contribution is 0.256. The van der Waals surface area contributed by atoms with Gasteiger partial charge in [-0.25, -0.2) is 0 Å². The van der Waals surface area contributed by atoms with Crippen LogP contribution in [0.1, 0.15) is 38.2 Å². The molecule has 2 heterocycles. The second kappa shape index (κ2) is 4.93. The fraction of sp³-hybridized carbons (Fsp3) is 0.625. The second-order valence-electron chi connectivity index (χ2n) is 6.14. The van der Waals surface area contributed by atoms with Crippen molar-refractivity contribution < 1.29 is 0 Å². The highest BCUT2D eigenvalue weighted by Crippen LogP contribution is 2.34. The van der Waals surface area contributed by atoms with Gasteiger partial charge in [-0.2, -0.15) is 0 Å². The van der Waals surface area contributed by atoms with Gasteiger partial charge in [0.05, 0.1) is 0 Å². The van der Waals surface area contributed by atoms with Crippen molar-refractivity contribution in [1.29, 1.82) is 0 Å². The van der Waals surface area contributed by atoms with Crippen molar-refractivity contribution in [3.63, 3.8) is 0 Å². The van der Waals surface area contributed by atoms with E-state index in [1.807, 2.05) is 0 Å². The Morgan fingerprint density at radius 1 is 1.28 bits per heavy atom. The SMILES string of the molecule is CC1CC(C)N(CCC2CNc3ccccc32)C1. The van der Waals surface area contributed by atoms with Crippen molar-refractivity contribution in [2.24, 2.45) is 5.92 Å². The molecule has 3 atom stereocenters. The topological polar surface area (TPSA) is 15.3 Å². The Hall–Kier alpha value is -1.02. The predicted molar refractivity (Wildman–Crippen MR) is 77.1 cm³/mol. The van der Waals surface area contributed by atoms with Crippen LogP contribution in [0.4, 0.5) is 5.69 Å². The highest BCUT2D eigenvalue weighted by Gasteiger charge is 2.28. The molecule has 0 aromatic heterocycles. The Bertz CT molecular complexity index is 415. The first-order chi connectivity index (χ1) is 8.74. The lowest BCUT2D eigenvalue weighted by Crippen LogP contribution is -2.29. The molecule has 2 nitrogen and oxygen atoms in total. The van der Waals surface area contributed by atoms with Crippen LogP contribution in [0.15, 0.2) is 24.3 Å². The molecule has 1 saturated heterocycles.